The fourth-order valence-corrected chi connectivity index (χ4v) is 4.12. The Morgan fingerprint density at radius 1 is 1.24 bits per heavy atom. The summed E-state index contributed by atoms with van der Waals surface area (Å²) < 4.78 is 44.4. The minimum atomic E-state index is -3.78. The molecule has 7 nitrogen and oxygen atoms in total. The topological polar surface area (TPSA) is 81.8 Å². The van der Waals surface area contributed by atoms with E-state index < -0.39 is 10.0 Å². The molecule has 0 saturated carbocycles. The van der Waals surface area contributed by atoms with Gasteiger partial charge in [-0.1, -0.05) is 18.2 Å². The van der Waals surface area contributed by atoms with Crippen molar-refractivity contribution in [2.45, 2.75) is 25.3 Å². The van der Waals surface area contributed by atoms with Gasteiger partial charge in [0.2, 0.25) is 0 Å². The lowest BCUT2D eigenvalue weighted by molar-refractivity contribution is 0.585. The van der Waals surface area contributed by atoms with Crippen LogP contribution in [0.5, 0.6) is 0 Å². The molecular weight excluding hydrogens is 345 g/mol. The number of aryl methyl sites for hydroxylation is 2. The molecule has 1 N–H and O–H groups in total. The monoisotopic (exact) mass is 363 g/mol. The third-order valence-corrected chi connectivity index (χ3v) is 5.52. The zero-order valence-corrected chi connectivity index (χ0v) is 14.9. The number of aromatic nitrogens is 4. The standard InChI is InChI=1S/C16H18FN5O2S/c1-11-16(12(2)21(3)19-11)25(23,24)20-14-8-18-22(10-14)9-13-6-4-5-7-15(13)17/h4-8,10,20H,9H2,1-3H3. The second-order valence-corrected chi connectivity index (χ2v) is 7.37. The second-order valence-electron chi connectivity index (χ2n) is 5.75. The molecule has 0 amide bonds. The summed E-state index contributed by atoms with van der Waals surface area (Å²) in [6, 6.07) is 6.37. The molecule has 3 aromatic rings. The number of hydrogen-bond acceptors (Lipinski definition) is 4. The molecule has 9 heteroatoms. The van der Waals surface area contributed by atoms with Crippen LogP contribution in [0.2, 0.25) is 0 Å². The van der Waals surface area contributed by atoms with Gasteiger partial charge in [0.15, 0.2) is 0 Å². The highest BCUT2D eigenvalue weighted by molar-refractivity contribution is 7.92. The van der Waals surface area contributed by atoms with E-state index in [0.717, 1.165) is 0 Å². The average molecular weight is 363 g/mol. The lowest BCUT2D eigenvalue weighted by atomic mass is 10.2. The van der Waals surface area contributed by atoms with E-state index in [1.54, 1.807) is 39.1 Å². The molecule has 0 unspecified atom stereocenters. The maximum Gasteiger partial charge on any atom is 0.265 e. The van der Waals surface area contributed by atoms with E-state index in [1.807, 2.05) is 0 Å². The highest BCUT2D eigenvalue weighted by Gasteiger charge is 2.24. The van der Waals surface area contributed by atoms with Crippen LogP contribution in [0.3, 0.4) is 0 Å². The average Bonchev–Trinajstić information content (AvgIpc) is 3.05. The normalized spacial score (nSPS) is 11.7. The van der Waals surface area contributed by atoms with E-state index in [4.69, 9.17) is 0 Å². The quantitative estimate of drug-likeness (QED) is 0.754. The van der Waals surface area contributed by atoms with Gasteiger partial charge in [-0.15, -0.1) is 0 Å². The van der Waals surface area contributed by atoms with Crippen molar-refractivity contribution in [3.63, 3.8) is 0 Å². The van der Waals surface area contributed by atoms with Crippen LogP contribution in [0.4, 0.5) is 10.1 Å². The summed E-state index contributed by atoms with van der Waals surface area (Å²) in [6.07, 6.45) is 2.91. The Hall–Kier alpha value is -2.68. The van der Waals surface area contributed by atoms with Gasteiger partial charge in [-0.3, -0.25) is 14.1 Å². The Labute approximate surface area is 145 Å². The van der Waals surface area contributed by atoms with Gasteiger partial charge >= 0.3 is 0 Å². The van der Waals surface area contributed by atoms with Crippen LogP contribution >= 0.6 is 0 Å². The maximum absolute atomic E-state index is 13.7. The molecule has 1 aromatic carbocycles. The first kappa shape index (κ1) is 17.2. The summed E-state index contributed by atoms with van der Waals surface area (Å²) in [7, 11) is -2.09. The Balaban J connectivity index is 1.82. The lowest BCUT2D eigenvalue weighted by Crippen LogP contribution is -2.14. The predicted molar refractivity (Wildman–Crippen MR) is 91.2 cm³/mol. The van der Waals surface area contributed by atoms with Crippen LogP contribution < -0.4 is 4.72 Å². The van der Waals surface area contributed by atoms with E-state index in [1.165, 1.54) is 27.8 Å². The number of benzene rings is 1. The van der Waals surface area contributed by atoms with Crippen LogP contribution in [-0.4, -0.2) is 28.0 Å². The van der Waals surface area contributed by atoms with Crippen molar-refractivity contribution in [3.8, 4) is 0 Å². The smallest absolute Gasteiger partial charge is 0.265 e. The van der Waals surface area contributed by atoms with Crippen molar-refractivity contribution in [2.75, 3.05) is 4.72 Å². The van der Waals surface area contributed by atoms with Gasteiger partial charge in [0.25, 0.3) is 10.0 Å². The Morgan fingerprint density at radius 3 is 2.60 bits per heavy atom. The Kier molecular flexibility index (Phi) is 4.34. The predicted octanol–water partition coefficient (Wildman–Crippen LogP) is 2.22. The SMILES string of the molecule is Cc1nn(C)c(C)c1S(=O)(=O)Nc1cnn(Cc2ccccc2F)c1. The third kappa shape index (κ3) is 3.41. The fourth-order valence-electron chi connectivity index (χ4n) is 2.65. The molecular formula is C16H18FN5O2S. The van der Waals surface area contributed by atoms with Gasteiger partial charge in [0.1, 0.15) is 10.7 Å². The first-order valence-electron chi connectivity index (χ1n) is 7.57. The van der Waals surface area contributed by atoms with Crippen LogP contribution in [-0.2, 0) is 23.6 Å². The molecule has 0 fully saturated rings. The summed E-state index contributed by atoms with van der Waals surface area (Å²) >= 11 is 0. The van der Waals surface area contributed by atoms with Crippen molar-refractivity contribution in [3.05, 3.63) is 59.4 Å². The molecule has 0 aliphatic heterocycles. The molecule has 0 aliphatic rings. The molecule has 25 heavy (non-hydrogen) atoms. The minimum absolute atomic E-state index is 0.150. The molecule has 0 spiro atoms. The molecule has 0 aliphatic carbocycles. The molecule has 2 heterocycles. The molecule has 0 radical (unpaired) electrons. The Morgan fingerprint density at radius 2 is 1.96 bits per heavy atom. The highest BCUT2D eigenvalue weighted by atomic mass is 32.2. The summed E-state index contributed by atoms with van der Waals surface area (Å²) in [6.45, 7) is 3.54. The summed E-state index contributed by atoms with van der Waals surface area (Å²) in [5, 5.41) is 8.21. The van der Waals surface area contributed by atoms with Gasteiger partial charge in [0.05, 0.1) is 29.8 Å². The second kappa shape index (κ2) is 6.32. The van der Waals surface area contributed by atoms with Crippen molar-refractivity contribution in [1.29, 1.82) is 0 Å². The fraction of sp³-hybridized carbons (Fsp3) is 0.250. The lowest BCUT2D eigenvalue weighted by Gasteiger charge is -2.06. The zero-order chi connectivity index (χ0) is 18.2. The van der Waals surface area contributed by atoms with Crippen molar-refractivity contribution >= 4 is 15.7 Å². The Bertz CT molecular complexity index is 1020. The van der Waals surface area contributed by atoms with Crippen LogP contribution in [0.25, 0.3) is 0 Å². The number of sulfonamides is 1. The first-order valence-corrected chi connectivity index (χ1v) is 9.05. The molecule has 3 rings (SSSR count). The minimum Gasteiger partial charge on any atom is -0.276 e. The third-order valence-electron chi connectivity index (χ3n) is 3.89. The van der Waals surface area contributed by atoms with Crippen molar-refractivity contribution in [2.24, 2.45) is 7.05 Å². The number of rotatable bonds is 5. The van der Waals surface area contributed by atoms with Crippen molar-refractivity contribution in [1.82, 2.24) is 19.6 Å². The van der Waals surface area contributed by atoms with E-state index >= 15 is 0 Å². The molecule has 0 atom stereocenters. The van der Waals surface area contributed by atoms with Gasteiger partial charge in [0, 0.05) is 18.8 Å². The first-order chi connectivity index (χ1) is 11.8. The number of halogens is 1. The summed E-state index contributed by atoms with van der Waals surface area (Å²) in [5.74, 6) is -0.332. The van der Waals surface area contributed by atoms with E-state index in [0.29, 0.717) is 22.6 Å². The maximum atomic E-state index is 13.7. The largest absolute Gasteiger partial charge is 0.276 e. The van der Waals surface area contributed by atoms with Gasteiger partial charge in [-0.2, -0.15) is 10.2 Å². The van der Waals surface area contributed by atoms with Gasteiger partial charge in [-0.05, 0) is 19.9 Å². The molecule has 0 saturated heterocycles. The number of hydrogen-bond donors (Lipinski definition) is 1. The van der Waals surface area contributed by atoms with Crippen molar-refractivity contribution < 1.29 is 12.8 Å². The number of anilines is 1. The molecule has 2 aromatic heterocycles. The summed E-state index contributed by atoms with van der Waals surface area (Å²) in [4.78, 5) is 0.150. The van der Waals surface area contributed by atoms with E-state index in [-0.39, 0.29) is 17.3 Å². The van der Waals surface area contributed by atoms with Crippen LogP contribution in [0.15, 0.2) is 41.6 Å². The van der Waals surface area contributed by atoms with Crippen LogP contribution in [0.1, 0.15) is 17.0 Å². The summed E-state index contributed by atoms with van der Waals surface area (Å²) in [5.41, 5.74) is 1.74. The molecule has 0 bridgehead atoms. The zero-order valence-electron chi connectivity index (χ0n) is 14.1. The van der Waals surface area contributed by atoms with Gasteiger partial charge < -0.3 is 0 Å². The van der Waals surface area contributed by atoms with E-state index in [9.17, 15) is 12.8 Å². The number of nitrogens with zero attached hydrogens (tertiary/aromatic N) is 4. The number of nitrogens with one attached hydrogen (secondary N) is 1. The highest BCUT2D eigenvalue weighted by Crippen LogP contribution is 2.22. The molecule has 132 valence electrons. The van der Waals surface area contributed by atoms with E-state index in [2.05, 4.69) is 14.9 Å². The van der Waals surface area contributed by atoms with Gasteiger partial charge in [-0.25, -0.2) is 12.8 Å². The van der Waals surface area contributed by atoms with Crippen LogP contribution in [0, 0.1) is 19.7 Å².